The summed E-state index contributed by atoms with van der Waals surface area (Å²) in [5, 5.41) is 10.6. The van der Waals surface area contributed by atoms with Crippen molar-refractivity contribution >= 4 is 102 Å². The zero-order valence-corrected chi connectivity index (χ0v) is 23.7. The normalized spacial score (nSPS) is 11.9. The third-order valence-corrected chi connectivity index (χ3v) is 10.7. The lowest BCUT2D eigenvalue weighted by Gasteiger charge is -2.27. The minimum atomic E-state index is 1.15. The van der Waals surface area contributed by atoms with Gasteiger partial charge < -0.3 is 4.90 Å². The Morgan fingerprint density at radius 1 is 0.390 bits per heavy atom. The van der Waals surface area contributed by atoms with Crippen molar-refractivity contribution in [3.05, 3.63) is 140 Å². The minimum absolute atomic E-state index is 1.15. The average Bonchev–Trinajstić information content (AvgIpc) is 3.61. The van der Waals surface area contributed by atoms with Crippen LogP contribution in [0, 0.1) is 0 Å². The molecule has 0 spiro atoms. The molecule has 0 unspecified atom stereocenters. The van der Waals surface area contributed by atoms with E-state index in [0.717, 1.165) is 5.69 Å². The quantitative estimate of drug-likeness (QED) is 0.209. The molecule has 0 radical (unpaired) electrons. The van der Waals surface area contributed by atoms with Gasteiger partial charge in [0.2, 0.25) is 0 Å². The first-order chi connectivity index (χ1) is 20.3. The van der Waals surface area contributed by atoms with Crippen molar-refractivity contribution in [2.75, 3.05) is 4.90 Å². The second kappa shape index (κ2) is 8.90. The molecule has 1 nitrogen and oxygen atoms in total. The first kappa shape index (κ1) is 23.0. The van der Waals surface area contributed by atoms with Gasteiger partial charge in [0.15, 0.2) is 0 Å². The van der Waals surface area contributed by atoms with Gasteiger partial charge in [-0.3, -0.25) is 0 Å². The highest BCUT2D eigenvalue weighted by atomic mass is 32.1. The Morgan fingerprint density at radius 2 is 0.976 bits per heavy atom. The molecule has 0 atom stereocenters. The third-order valence-electron chi connectivity index (χ3n) is 8.22. The lowest BCUT2D eigenvalue weighted by molar-refractivity contribution is 1.30. The highest BCUT2D eigenvalue weighted by molar-refractivity contribution is 7.33. The van der Waals surface area contributed by atoms with Crippen molar-refractivity contribution in [2.24, 2.45) is 0 Å². The molecule has 0 N–H and O–H groups in total. The summed E-state index contributed by atoms with van der Waals surface area (Å²) >= 11 is 3.86. The second-order valence-electron chi connectivity index (χ2n) is 10.5. The Labute approximate surface area is 245 Å². The van der Waals surface area contributed by atoms with Crippen molar-refractivity contribution in [1.29, 1.82) is 0 Å². The zero-order valence-electron chi connectivity index (χ0n) is 22.0. The molecular formula is C38H23NS2. The fourth-order valence-electron chi connectivity index (χ4n) is 6.45. The molecule has 41 heavy (non-hydrogen) atoms. The number of nitrogens with zero attached hydrogens (tertiary/aromatic N) is 1. The molecule has 7 aromatic carbocycles. The molecule has 0 aliphatic heterocycles. The maximum Gasteiger partial charge on any atom is 0.0540 e. The Hall–Kier alpha value is -4.70. The number of benzene rings is 7. The molecule has 0 fully saturated rings. The topological polar surface area (TPSA) is 3.24 Å². The summed E-state index contributed by atoms with van der Waals surface area (Å²) in [5.41, 5.74) is 3.51. The van der Waals surface area contributed by atoms with Crippen LogP contribution in [0.2, 0.25) is 0 Å². The number of hydrogen-bond acceptors (Lipinski definition) is 3. The summed E-state index contributed by atoms with van der Waals surface area (Å²) in [4.78, 5) is 2.40. The lowest BCUT2D eigenvalue weighted by atomic mass is 9.99. The maximum absolute atomic E-state index is 2.40. The van der Waals surface area contributed by atoms with Gasteiger partial charge >= 0.3 is 0 Å². The van der Waals surface area contributed by atoms with E-state index >= 15 is 0 Å². The van der Waals surface area contributed by atoms with E-state index in [1.807, 2.05) is 22.7 Å². The van der Waals surface area contributed by atoms with Crippen molar-refractivity contribution in [3.8, 4) is 0 Å². The minimum Gasteiger partial charge on any atom is -0.310 e. The van der Waals surface area contributed by atoms with Crippen LogP contribution in [0.25, 0.3) is 61.9 Å². The monoisotopic (exact) mass is 557 g/mol. The first-order valence-corrected chi connectivity index (χ1v) is 15.5. The molecule has 192 valence electrons. The smallest absolute Gasteiger partial charge is 0.0540 e. The van der Waals surface area contributed by atoms with Crippen LogP contribution in [-0.4, -0.2) is 0 Å². The summed E-state index contributed by atoms with van der Waals surface area (Å²) in [6, 6.07) is 50.8. The predicted molar refractivity (Wildman–Crippen MR) is 182 cm³/mol. The van der Waals surface area contributed by atoms with Gasteiger partial charge in [0.05, 0.1) is 15.1 Å². The molecular weight excluding hydrogens is 535 g/mol. The number of hydrogen-bond donors (Lipinski definition) is 0. The summed E-state index contributed by atoms with van der Waals surface area (Å²) in [6.07, 6.45) is 0. The Balaban J connectivity index is 1.36. The van der Waals surface area contributed by atoms with Crippen LogP contribution in [0.1, 0.15) is 0 Å². The third kappa shape index (κ3) is 3.40. The lowest BCUT2D eigenvalue weighted by Crippen LogP contribution is -2.10. The van der Waals surface area contributed by atoms with Crippen LogP contribution in [-0.2, 0) is 0 Å². The van der Waals surface area contributed by atoms with Crippen molar-refractivity contribution in [1.82, 2.24) is 0 Å². The van der Waals surface area contributed by atoms with Crippen LogP contribution in [0.3, 0.4) is 0 Å². The fraction of sp³-hybridized carbons (Fsp3) is 0. The van der Waals surface area contributed by atoms with E-state index < -0.39 is 0 Å². The van der Waals surface area contributed by atoms with Gasteiger partial charge in [0.25, 0.3) is 0 Å². The molecule has 3 heteroatoms. The van der Waals surface area contributed by atoms with E-state index in [1.165, 1.54) is 73.3 Å². The average molecular weight is 558 g/mol. The van der Waals surface area contributed by atoms with Gasteiger partial charge in [-0.05, 0) is 52.6 Å². The van der Waals surface area contributed by atoms with E-state index in [-0.39, 0.29) is 0 Å². The molecule has 0 saturated carbocycles. The van der Waals surface area contributed by atoms with Crippen molar-refractivity contribution in [3.63, 3.8) is 0 Å². The second-order valence-corrected chi connectivity index (χ2v) is 12.6. The summed E-state index contributed by atoms with van der Waals surface area (Å²) < 4.78 is 5.46. The van der Waals surface area contributed by atoms with Gasteiger partial charge in [0.1, 0.15) is 0 Å². The molecule has 2 aromatic heterocycles. The number of para-hydroxylation sites is 1. The largest absolute Gasteiger partial charge is 0.310 e. The molecule has 0 bridgehead atoms. The van der Waals surface area contributed by atoms with E-state index in [9.17, 15) is 0 Å². The van der Waals surface area contributed by atoms with Crippen molar-refractivity contribution in [2.45, 2.75) is 0 Å². The molecule has 2 heterocycles. The van der Waals surface area contributed by atoms with Gasteiger partial charge in [-0.1, -0.05) is 103 Å². The Kier molecular flexibility index (Phi) is 5.00. The van der Waals surface area contributed by atoms with E-state index in [1.54, 1.807) is 0 Å². The van der Waals surface area contributed by atoms with Crippen LogP contribution < -0.4 is 4.90 Å². The van der Waals surface area contributed by atoms with E-state index in [4.69, 9.17) is 0 Å². The maximum atomic E-state index is 2.40. The molecule has 9 rings (SSSR count). The molecule has 0 saturated heterocycles. The van der Waals surface area contributed by atoms with Crippen LogP contribution >= 0.6 is 22.7 Å². The van der Waals surface area contributed by atoms with Gasteiger partial charge in [0, 0.05) is 47.7 Å². The number of rotatable bonds is 3. The Morgan fingerprint density at radius 3 is 1.76 bits per heavy atom. The molecule has 0 aliphatic carbocycles. The predicted octanol–water partition coefficient (Wildman–Crippen LogP) is 12.2. The number of anilines is 3. The number of thiophene rings is 2. The first-order valence-electron chi connectivity index (χ1n) is 13.9. The summed E-state index contributed by atoms with van der Waals surface area (Å²) in [5.74, 6) is 0. The van der Waals surface area contributed by atoms with Crippen LogP contribution in [0.4, 0.5) is 17.1 Å². The zero-order chi connectivity index (χ0) is 26.9. The molecule has 0 amide bonds. The van der Waals surface area contributed by atoms with Crippen molar-refractivity contribution < 1.29 is 0 Å². The van der Waals surface area contributed by atoms with Gasteiger partial charge in [-0.2, -0.15) is 0 Å². The van der Waals surface area contributed by atoms with Gasteiger partial charge in [-0.15, -0.1) is 22.7 Å². The number of fused-ring (bicyclic) bond motifs is 11. The SMILES string of the molecule is c1ccc(N(c2ccc3c(c2)sc2c4sc5ccccc5c4c4ccccc4c32)c2cccc3ccccc23)cc1. The summed E-state index contributed by atoms with van der Waals surface area (Å²) in [7, 11) is 0. The van der Waals surface area contributed by atoms with Gasteiger partial charge in [-0.25, -0.2) is 0 Å². The standard InChI is InChI=1S/C38H23NS2/c1-2-13-25(14-3-1)39(32-19-10-12-24-11-4-5-15-27(24)32)26-21-22-31-34(23-26)41-38-36(31)29-17-7-6-16-28(29)35-30-18-8-9-20-33(30)40-37(35)38/h1-23H. The highest BCUT2D eigenvalue weighted by Crippen LogP contribution is 2.50. The highest BCUT2D eigenvalue weighted by Gasteiger charge is 2.20. The van der Waals surface area contributed by atoms with Crippen LogP contribution in [0.5, 0.6) is 0 Å². The summed E-state index contributed by atoms with van der Waals surface area (Å²) in [6.45, 7) is 0. The Bertz CT molecular complexity index is 2430. The molecule has 0 aliphatic rings. The fourth-order valence-corrected chi connectivity index (χ4v) is 9.06. The van der Waals surface area contributed by atoms with E-state index in [2.05, 4.69) is 144 Å². The van der Waals surface area contributed by atoms with Crippen LogP contribution in [0.15, 0.2) is 140 Å². The van der Waals surface area contributed by atoms with E-state index in [0.29, 0.717) is 0 Å². The molecule has 9 aromatic rings.